The minimum atomic E-state index is -0.140. The molecule has 1 N–H and O–H groups in total. The number of carbonyl (C=O) groups excluding carboxylic acids is 1. The van der Waals surface area contributed by atoms with Crippen LogP contribution in [-0.4, -0.2) is 29.2 Å². The van der Waals surface area contributed by atoms with E-state index in [1.807, 2.05) is 12.3 Å². The van der Waals surface area contributed by atoms with E-state index in [0.29, 0.717) is 18.0 Å². The van der Waals surface area contributed by atoms with Crippen LogP contribution in [0.25, 0.3) is 0 Å². The van der Waals surface area contributed by atoms with Gasteiger partial charge in [0.25, 0.3) is 5.91 Å². The van der Waals surface area contributed by atoms with Crippen molar-refractivity contribution in [2.45, 2.75) is 11.6 Å². The second-order valence-corrected chi connectivity index (χ2v) is 4.75. The second kappa shape index (κ2) is 6.91. The highest BCUT2D eigenvalue weighted by Gasteiger charge is 2.11. The normalized spacial score (nSPS) is 10.1. The van der Waals surface area contributed by atoms with Crippen molar-refractivity contribution in [3.8, 4) is 5.88 Å². The summed E-state index contributed by atoms with van der Waals surface area (Å²) in [6, 6.07) is 7.15. The molecule has 0 aliphatic heterocycles. The first-order valence-corrected chi connectivity index (χ1v) is 7.23. The fourth-order valence-corrected chi connectivity index (χ4v) is 2.19. The largest absolute Gasteiger partial charge is 0.481 e. The van der Waals surface area contributed by atoms with E-state index in [4.69, 9.17) is 4.74 Å². The van der Waals surface area contributed by atoms with Gasteiger partial charge in [-0.1, -0.05) is 6.07 Å². The van der Waals surface area contributed by atoms with Crippen LogP contribution in [0.3, 0.4) is 0 Å². The molecule has 2 rings (SSSR count). The van der Waals surface area contributed by atoms with Crippen molar-refractivity contribution >= 4 is 17.7 Å². The molecule has 1 amide bonds. The number of rotatable bonds is 5. The average molecular weight is 289 g/mol. The van der Waals surface area contributed by atoms with Crippen LogP contribution in [0, 0.1) is 0 Å². The number of ether oxygens (including phenoxy) is 1. The van der Waals surface area contributed by atoms with Crippen LogP contribution in [0.4, 0.5) is 0 Å². The highest BCUT2D eigenvalue weighted by molar-refractivity contribution is 7.98. The van der Waals surface area contributed by atoms with Gasteiger partial charge in [-0.2, -0.15) is 0 Å². The maximum Gasteiger partial charge on any atom is 0.254 e. The summed E-state index contributed by atoms with van der Waals surface area (Å²) in [7, 11) is 1.57. The molecule has 0 saturated heterocycles. The van der Waals surface area contributed by atoms with Gasteiger partial charge < -0.3 is 10.1 Å². The summed E-state index contributed by atoms with van der Waals surface area (Å²) in [4.78, 5) is 20.4. The molecular formula is C14H15N3O2S. The van der Waals surface area contributed by atoms with Crippen molar-refractivity contribution in [3.05, 3.63) is 47.8 Å². The third-order valence-corrected chi connectivity index (χ3v) is 3.38. The quantitative estimate of drug-likeness (QED) is 0.854. The molecule has 0 aliphatic carbocycles. The number of carbonyl (C=O) groups is 1. The van der Waals surface area contributed by atoms with E-state index in [1.54, 1.807) is 37.7 Å². The third kappa shape index (κ3) is 3.48. The fourth-order valence-electron chi connectivity index (χ4n) is 1.64. The summed E-state index contributed by atoms with van der Waals surface area (Å²) < 4.78 is 4.98. The lowest BCUT2D eigenvalue weighted by molar-refractivity contribution is 0.0947. The van der Waals surface area contributed by atoms with Gasteiger partial charge in [0.05, 0.1) is 12.7 Å². The van der Waals surface area contributed by atoms with Crippen molar-refractivity contribution in [1.29, 1.82) is 0 Å². The van der Waals surface area contributed by atoms with Crippen molar-refractivity contribution in [1.82, 2.24) is 15.3 Å². The van der Waals surface area contributed by atoms with Crippen molar-refractivity contribution in [3.63, 3.8) is 0 Å². The van der Waals surface area contributed by atoms with Crippen LogP contribution < -0.4 is 10.1 Å². The molecule has 104 valence electrons. The molecule has 6 heteroatoms. The summed E-state index contributed by atoms with van der Waals surface area (Å²) in [5.74, 6) is 0.412. The van der Waals surface area contributed by atoms with Crippen LogP contribution >= 0.6 is 11.8 Å². The van der Waals surface area contributed by atoms with Gasteiger partial charge in [-0.3, -0.25) is 4.79 Å². The van der Waals surface area contributed by atoms with E-state index in [2.05, 4.69) is 15.3 Å². The van der Waals surface area contributed by atoms with E-state index in [-0.39, 0.29) is 5.91 Å². The molecule has 0 fully saturated rings. The van der Waals surface area contributed by atoms with Crippen LogP contribution in [0.5, 0.6) is 5.88 Å². The Labute approximate surface area is 121 Å². The third-order valence-electron chi connectivity index (χ3n) is 2.67. The van der Waals surface area contributed by atoms with Gasteiger partial charge in [0, 0.05) is 25.0 Å². The molecule has 2 aromatic heterocycles. The average Bonchev–Trinajstić information content (AvgIpc) is 2.53. The number of hydrogen-bond donors (Lipinski definition) is 1. The number of methoxy groups -OCH3 is 1. The standard InChI is InChI=1S/C14H15N3O2S/c1-19-12-6-5-10(8-16-12)9-17-13(18)11-4-3-7-15-14(11)20-2/h3-8H,9H2,1-2H3,(H,17,18). The minimum absolute atomic E-state index is 0.140. The van der Waals surface area contributed by atoms with Crippen molar-refractivity contribution < 1.29 is 9.53 Å². The number of hydrogen-bond acceptors (Lipinski definition) is 5. The topological polar surface area (TPSA) is 64.1 Å². The molecule has 0 radical (unpaired) electrons. The summed E-state index contributed by atoms with van der Waals surface area (Å²) >= 11 is 1.45. The first-order valence-electron chi connectivity index (χ1n) is 6.00. The van der Waals surface area contributed by atoms with Crippen LogP contribution in [0.15, 0.2) is 41.7 Å². The van der Waals surface area contributed by atoms with E-state index in [1.165, 1.54) is 11.8 Å². The lowest BCUT2D eigenvalue weighted by Crippen LogP contribution is -2.23. The van der Waals surface area contributed by atoms with Gasteiger partial charge in [0.15, 0.2) is 0 Å². The first kappa shape index (κ1) is 14.3. The number of nitrogens with zero attached hydrogens (tertiary/aromatic N) is 2. The SMILES string of the molecule is COc1ccc(CNC(=O)c2cccnc2SC)cn1. The number of amides is 1. The maximum atomic E-state index is 12.1. The summed E-state index contributed by atoms with van der Waals surface area (Å²) in [6.45, 7) is 0.415. The number of aromatic nitrogens is 2. The fraction of sp³-hybridized carbons (Fsp3) is 0.214. The summed E-state index contributed by atoms with van der Waals surface area (Å²) in [5.41, 5.74) is 1.50. The number of nitrogens with one attached hydrogen (secondary N) is 1. The Morgan fingerprint density at radius 3 is 2.85 bits per heavy atom. The molecule has 2 aromatic rings. The van der Waals surface area contributed by atoms with Crippen LogP contribution in [-0.2, 0) is 6.54 Å². The molecule has 0 aliphatic rings. The second-order valence-electron chi connectivity index (χ2n) is 3.95. The Hall–Kier alpha value is -2.08. The summed E-state index contributed by atoms with van der Waals surface area (Å²) in [5, 5.41) is 3.57. The Balaban J connectivity index is 2.01. The zero-order chi connectivity index (χ0) is 14.4. The molecule has 0 bridgehead atoms. The first-order chi connectivity index (χ1) is 9.74. The Kier molecular flexibility index (Phi) is 4.95. The number of thioether (sulfide) groups is 1. The Bertz CT molecular complexity index is 587. The van der Waals surface area contributed by atoms with Gasteiger partial charge in [0.1, 0.15) is 5.03 Å². The molecule has 5 nitrogen and oxygen atoms in total. The minimum Gasteiger partial charge on any atom is -0.481 e. The predicted molar refractivity (Wildman–Crippen MR) is 78.0 cm³/mol. The maximum absolute atomic E-state index is 12.1. The monoisotopic (exact) mass is 289 g/mol. The lowest BCUT2D eigenvalue weighted by atomic mass is 10.2. The van der Waals surface area contributed by atoms with Gasteiger partial charge in [-0.15, -0.1) is 11.8 Å². The molecule has 0 spiro atoms. The lowest BCUT2D eigenvalue weighted by Gasteiger charge is -2.08. The zero-order valence-corrected chi connectivity index (χ0v) is 12.1. The van der Waals surface area contributed by atoms with E-state index in [0.717, 1.165) is 10.6 Å². The van der Waals surface area contributed by atoms with E-state index in [9.17, 15) is 4.79 Å². The van der Waals surface area contributed by atoms with Gasteiger partial charge in [-0.05, 0) is 24.0 Å². The number of pyridine rings is 2. The van der Waals surface area contributed by atoms with Gasteiger partial charge >= 0.3 is 0 Å². The Morgan fingerprint density at radius 1 is 1.35 bits per heavy atom. The van der Waals surface area contributed by atoms with Crippen molar-refractivity contribution in [2.24, 2.45) is 0 Å². The molecule has 0 unspecified atom stereocenters. The highest BCUT2D eigenvalue weighted by atomic mass is 32.2. The van der Waals surface area contributed by atoms with Crippen LogP contribution in [0.1, 0.15) is 15.9 Å². The molecule has 20 heavy (non-hydrogen) atoms. The van der Waals surface area contributed by atoms with E-state index < -0.39 is 0 Å². The van der Waals surface area contributed by atoms with E-state index >= 15 is 0 Å². The molecule has 2 heterocycles. The zero-order valence-electron chi connectivity index (χ0n) is 11.3. The van der Waals surface area contributed by atoms with Gasteiger partial charge in [-0.25, -0.2) is 9.97 Å². The Morgan fingerprint density at radius 2 is 2.20 bits per heavy atom. The van der Waals surface area contributed by atoms with Crippen LogP contribution in [0.2, 0.25) is 0 Å². The molecular weight excluding hydrogens is 274 g/mol. The summed E-state index contributed by atoms with van der Waals surface area (Å²) in [6.07, 6.45) is 5.25. The molecule has 0 aromatic carbocycles. The van der Waals surface area contributed by atoms with Crippen molar-refractivity contribution in [2.75, 3.05) is 13.4 Å². The molecule has 0 saturated carbocycles. The predicted octanol–water partition coefficient (Wildman–Crippen LogP) is 2.14. The highest BCUT2D eigenvalue weighted by Crippen LogP contribution is 2.16. The smallest absolute Gasteiger partial charge is 0.254 e. The molecule has 0 atom stereocenters. The van der Waals surface area contributed by atoms with Gasteiger partial charge in [0.2, 0.25) is 5.88 Å².